The summed E-state index contributed by atoms with van der Waals surface area (Å²) in [5.41, 5.74) is 3.68. The van der Waals surface area contributed by atoms with E-state index in [9.17, 15) is 14.7 Å². The molecule has 0 spiro atoms. The molecule has 39 heavy (non-hydrogen) atoms. The Labute approximate surface area is 231 Å². The van der Waals surface area contributed by atoms with Crippen molar-refractivity contribution in [3.63, 3.8) is 0 Å². The average molecular weight is 549 g/mol. The Morgan fingerprint density at radius 2 is 1.82 bits per heavy atom. The Hall–Kier alpha value is -4.17. The lowest BCUT2D eigenvalue weighted by Crippen LogP contribution is -2.41. The van der Waals surface area contributed by atoms with Crippen molar-refractivity contribution in [3.8, 4) is 17.2 Å². The minimum atomic E-state index is -1.08. The second kappa shape index (κ2) is 11.3. The fourth-order valence-corrected chi connectivity index (χ4v) is 5.43. The Morgan fingerprint density at radius 3 is 2.59 bits per heavy atom. The number of nitrogens with zero attached hydrogens (tertiary/aromatic N) is 2. The number of benzene rings is 3. The number of amides is 1. The minimum Gasteiger partial charge on any atom is -0.497 e. The van der Waals surface area contributed by atoms with Crippen molar-refractivity contribution in [2.75, 3.05) is 27.4 Å². The monoisotopic (exact) mass is 548 g/mol. The second-order valence-electron chi connectivity index (χ2n) is 9.32. The van der Waals surface area contributed by atoms with Gasteiger partial charge in [0.25, 0.3) is 0 Å². The molecule has 1 aliphatic heterocycles. The summed E-state index contributed by atoms with van der Waals surface area (Å²) in [6.07, 6.45) is 2.91. The molecule has 0 saturated carbocycles. The molecule has 2 heterocycles. The van der Waals surface area contributed by atoms with Crippen LogP contribution in [0.4, 0.5) is 0 Å². The fourth-order valence-electron chi connectivity index (χ4n) is 5.25. The van der Waals surface area contributed by atoms with Gasteiger partial charge in [-0.25, -0.2) is 4.79 Å². The molecule has 1 aliphatic rings. The first-order valence-electron chi connectivity index (χ1n) is 12.6. The van der Waals surface area contributed by atoms with E-state index in [1.54, 1.807) is 32.4 Å². The van der Waals surface area contributed by atoms with Gasteiger partial charge in [-0.1, -0.05) is 35.9 Å². The van der Waals surface area contributed by atoms with E-state index in [0.717, 1.165) is 22.0 Å². The number of aryl methyl sites for hydroxylation is 1. The van der Waals surface area contributed by atoms with Crippen LogP contribution in [-0.4, -0.2) is 53.8 Å². The number of carbonyl (C=O) groups is 2. The summed E-state index contributed by atoms with van der Waals surface area (Å²) in [6.45, 7) is 0.478. The first kappa shape index (κ1) is 26.4. The number of fused-ring (bicyclic) bond motifs is 2. The van der Waals surface area contributed by atoms with Crippen molar-refractivity contribution >= 4 is 34.4 Å². The number of methoxy groups -OCH3 is 2. The van der Waals surface area contributed by atoms with Crippen molar-refractivity contribution in [2.45, 2.75) is 25.4 Å². The number of ether oxygens (including phenoxy) is 3. The zero-order chi connectivity index (χ0) is 27.5. The summed E-state index contributed by atoms with van der Waals surface area (Å²) in [4.78, 5) is 26.9. The van der Waals surface area contributed by atoms with Gasteiger partial charge < -0.3 is 28.8 Å². The Kier molecular flexibility index (Phi) is 7.65. The van der Waals surface area contributed by atoms with E-state index < -0.39 is 18.6 Å². The highest BCUT2D eigenvalue weighted by molar-refractivity contribution is 6.30. The maximum Gasteiger partial charge on any atom is 0.341 e. The minimum absolute atomic E-state index is 0.0321. The molecule has 3 aromatic carbocycles. The van der Waals surface area contributed by atoms with Crippen LogP contribution in [-0.2, 0) is 22.6 Å². The largest absolute Gasteiger partial charge is 0.497 e. The van der Waals surface area contributed by atoms with Crippen molar-refractivity contribution in [3.05, 3.63) is 88.6 Å². The van der Waals surface area contributed by atoms with Crippen molar-refractivity contribution in [1.82, 2.24) is 9.47 Å². The molecule has 1 aromatic heterocycles. The van der Waals surface area contributed by atoms with Gasteiger partial charge in [-0.2, -0.15) is 0 Å². The zero-order valence-corrected chi connectivity index (χ0v) is 22.5. The highest BCUT2D eigenvalue weighted by Crippen LogP contribution is 2.41. The summed E-state index contributed by atoms with van der Waals surface area (Å²) in [5, 5.41) is 10.6. The summed E-state index contributed by atoms with van der Waals surface area (Å²) in [5.74, 6) is 0.650. The maximum atomic E-state index is 13.8. The smallest absolute Gasteiger partial charge is 0.341 e. The van der Waals surface area contributed by atoms with Gasteiger partial charge in [0.2, 0.25) is 5.91 Å². The van der Waals surface area contributed by atoms with Crippen LogP contribution in [0.25, 0.3) is 10.9 Å². The lowest BCUT2D eigenvalue weighted by atomic mass is 9.87. The number of halogens is 1. The third-order valence-electron chi connectivity index (χ3n) is 7.07. The standard InChI is InChI=1S/C30H29ClN2O6/c1-37-21-16-25-23(27(17-21)38-2)10-12-32(25)13-11-28(34)33-14-9-19-5-3-4-6-22(19)30(33)24-15-20(31)7-8-26(24)39-18-29(35)36/h3-8,10,12,15-17,30H,9,11,13-14,18H2,1-2H3,(H,35,36). The quantitative estimate of drug-likeness (QED) is 0.304. The first-order chi connectivity index (χ1) is 18.9. The van der Waals surface area contributed by atoms with Gasteiger partial charge in [-0.15, -0.1) is 0 Å². The molecule has 9 heteroatoms. The third-order valence-corrected chi connectivity index (χ3v) is 7.30. The number of aromatic nitrogens is 1. The predicted octanol–water partition coefficient (Wildman–Crippen LogP) is 5.34. The molecule has 0 fully saturated rings. The number of hydrogen-bond donors (Lipinski definition) is 1. The molecule has 1 N–H and O–H groups in total. The van der Waals surface area contributed by atoms with Gasteiger partial charge >= 0.3 is 5.97 Å². The van der Waals surface area contributed by atoms with E-state index in [1.807, 2.05) is 52.1 Å². The Bertz CT molecular complexity index is 1530. The summed E-state index contributed by atoms with van der Waals surface area (Å²) in [6, 6.07) is 18.3. The fraction of sp³-hybridized carbons (Fsp3) is 0.267. The zero-order valence-electron chi connectivity index (χ0n) is 21.7. The van der Waals surface area contributed by atoms with Crippen LogP contribution in [0.15, 0.2) is 66.9 Å². The van der Waals surface area contributed by atoms with Crippen LogP contribution in [0.1, 0.15) is 29.2 Å². The van der Waals surface area contributed by atoms with Crippen molar-refractivity contribution in [1.29, 1.82) is 0 Å². The Morgan fingerprint density at radius 1 is 1.00 bits per heavy atom. The molecular formula is C30H29ClN2O6. The molecule has 5 rings (SSSR count). The average Bonchev–Trinajstić information content (AvgIpc) is 3.36. The van der Waals surface area contributed by atoms with E-state index in [-0.39, 0.29) is 12.3 Å². The second-order valence-corrected chi connectivity index (χ2v) is 9.76. The third kappa shape index (κ3) is 5.38. The number of hydrogen-bond acceptors (Lipinski definition) is 5. The summed E-state index contributed by atoms with van der Waals surface area (Å²) < 4.78 is 18.6. The lowest BCUT2D eigenvalue weighted by Gasteiger charge is -2.38. The molecule has 4 aromatic rings. The molecule has 1 atom stereocenters. The summed E-state index contributed by atoms with van der Waals surface area (Å²) >= 11 is 6.39. The number of carboxylic acid groups (broad SMARTS) is 1. The molecule has 1 unspecified atom stereocenters. The SMILES string of the molecule is COc1cc(OC)c2ccn(CCC(=O)N3CCc4ccccc4C3c3cc(Cl)ccc3OCC(=O)O)c2c1. The number of carbonyl (C=O) groups excluding carboxylic acids is 1. The van der Waals surface area contributed by atoms with Crippen LogP contribution in [0.2, 0.25) is 5.02 Å². The lowest BCUT2D eigenvalue weighted by molar-refractivity contribution is -0.139. The van der Waals surface area contributed by atoms with Crippen LogP contribution >= 0.6 is 11.6 Å². The van der Waals surface area contributed by atoms with E-state index in [0.29, 0.717) is 47.3 Å². The maximum absolute atomic E-state index is 13.8. The highest BCUT2D eigenvalue weighted by Gasteiger charge is 2.34. The summed E-state index contributed by atoms with van der Waals surface area (Å²) in [7, 11) is 3.23. The van der Waals surface area contributed by atoms with Crippen LogP contribution in [0, 0.1) is 0 Å². The van der Waals surface area contributed by atoms with Crippen LogP contribution < -0.4 is 14.2 Å². The van der Waals surface area contributed by atoms with Gasteiger partial charge in [0.1, 0.15) is 17.2 Å². The molecule has 1 amide bonds. The molecule has 0 radical (unpaired) electrons. The van der Waals surface area contributed by atoms with Gasteiger partial charge in [-0.3, -0.25) is 4.79 Å². The van der Waals surface area contributed by atoms with Gasteiger partial charge in [0.15, 0.2) is 6.61 Å². The molecule has 0 aliphatic carbocycles. The van der Waals surface area contributed by atoms with E-state index in [4.69, 9.17) is 25.8 Å². The number of rotatable bonds is 9. The molecule has 0 bridgehead atoms. The van der Waals surface area contributed by atoms with Crippen LogP contribution in [0.3, 0.4) is 0 Å². The van der Waals surface area contributed by atoms with E-state index >= 15 is 0 Å². The molecule has 0 saturated heterocycles. The van der Waals surface area contributed by atoms with Crippen molar-refractivity contribution < 1.29 is 28.9 Å². The van der Waals surface area contributed by atoms with Gasteiger partial charge in [-0.05, 0) is 41.8 Å². The molecule has 8 nitrogen and oxygen atoms in total. The van der Waals surface area contributed by atoms with Gasteiger partial charge in [0, 0.05) is 53.8 Å². The topological polar surface area (TPSA) is 90.2 Å². The first-order valence-corrected chi connectivity index (χ1v) is 13.0. The van der Waals surface area contributed by atoms with Crippen LogP contribution in [0.5, 0.6) is 17.2 Å². The van der Waals surface area contributed by atoms with E-state index in [1.165, 1.54) is 0 Å². The van der Waals surface area contributed by atoms with Crippen molar-refractivity contribution in [2.24, 2.45) is 0 Å². The Balaban J connectivity index is 1.47. The normalized spacial score (nSPS) is 14.6. The van der Waals surface area contributed by atoms with E-state index in [2.05, 4.69) is 6.07 Å². The molecule has 202 valence electrons. The number of carboxylic acids is 1. The highest BCUT2D eigenvalue weighted by atomic mass is 35.5. The predicted molar refractivity (Wildman–Crippen MR) is 148 cm³/mol. The van der Waals surface area contributed by atoms with Gasteiger partial charge in [0.05, 0.1) is 25.8 Å². The molecular weight excluding hydrogens is 520 g/mol. The number of aliphatic carboxylic acids is 1.